The van der Waals surface area contributed by atoms with Gasteiger partial charge in [0, 0.05) is 0 Å². The summed E-state index contributed by atoms with van der Waals surface area (Å²) in [5, 5.41) is 45.7. The van der Waals surface area contributed by atoms with Gasteiger partial charge in [-0.2, -0.15) is 0 Å². The molecule has 0 heterocycles. The van der Waals surface area contributed by atoms with E-state index in [4.69, 9.17) is 0 Å². The van der Waals surface area contributed by atoms with E-state index in [-0.39, 0.29) is 46.9 Å². The third-order valence-electron chi connectivity index (χ3n) is 7.89. The molecular formula is C48H36O4Sn. The van der Waals surface area contributed by atoms with Crippen molar-refractivity contribution < 1.29 is 20.4 Å². The first-order valence-corrected chi connectivity index (χ1v) is 16.8. The van der Waals surface area contributed by atoms with Gasteiger partial charge >= 0.3 is 23.9 Å². The number of rotatable bonds is 4. The van der Waals surface area contributed by atoms with Crippen LogP contribution in [0.25, 0.3) is 44.5 Å². The maximum atomic E-state index is 11.4. The van der Waals surface area contributed by atoms with Crippen molar-refractivity contribution in [2.75, 3.05) is 0 Å². The van der Waals surface area contributed by atoms with E-state index in [1.165, 1.54) is 0 Å². The van der Waals surface area contributed by atoms with Crippen LogP contribution in [0.5, 0.6) is 23.0 Å². The smallest absolute Gasteiger partial charge is 0.872 e. The van der Waals surface area contributed by atoms with Crippen LogP contribution in [0.3, 0.4) is 0 Å². The van der Waals surface area contributed by atoms with Gasteiger partial charge in [-0.25, -0.2) is 0 Å². The zero-order chi connectivity index (χ0) is 36.4. The molecule has 8 aromatic carbocycles. The Kier molecular flexibility index (Phi) is 15.8. The van der Waals surface area contributed by atoms with Crippen molar-refractivity contribution in [3.63, 3.8) is 0 Å². The van der Waals surface area contributed by atoms with E-state index in [9.17, 15) is 20.4 Å². The number of para-hydroxylation sites is 4. The number of hydrogen-bond donors (Lipinski definition) is 0. The average Bonchev–Trinajstić information content (AvgIpc) is 3.21. The molecule has 53 heavy (non-hydrogen) atoms. The Morgan fingerprint density at radius 3 is 0.509 bits per heavy atom. The molecule has 0 fully saturated rings. The zero-order valence-electron chi connectivity index (χ0n) is 28.9. The van der Waals surface area contributed by atoms with E-state index in [1.807, 2.05) is 170 Å². The van der Waals surface area contributed by atoms with Crippen LogP contribution >= 0.6 is 0 Å². The Morgan fingerprint density at radius 1 is 0.189 bits per heavy atom. The molecule has 0 aliphatic carbocycles. The quantitative estimate of drug-likeness (QED) is 0.166. The van der Waals surface area contributed by atoms with Crippen molar-refractivity contribution in [1.82, 2.24) is 0 Å². The van der Waals surface area contributed by atoms with Crippen LogP contribution in [0.1, 0.15) is 0 Å². The second-order valence-corrected chi connectivity index (χ2v) is 11.4. The van der Waals surface area contributed by atoms with Gasteiger partial charge in [-0.3, -0.25) is 0 Å². The van der Waals surface area contributed by atoms with Crippen molar-refractivity contribution in [2.24, 2.45) is 0 Å². The molecule has 4 nitrogen and oxygen atoms in total. The van der Waals surface area contributed by atoms with Gasteiger partial charge < -0.3 is 20.4 Å². The molecule has 0 amide bonds. The van der Waals surface area contributed by atoms with Gasteiger partial charge in [0.05, 0.1) is 0 Å². The Morgan fingerprint density at radius 2 is 0.340 bits per heavy atom. The van der Waals surface area contributed by atoms with Crippen LogP contribution in [0.4, 0.5) is 0 Å². The maximum Gasteiger partial charge on any atom is 4.00 e. The molecule has 8 rings (SSSR count). The maximum absolute atomic E-state index is 11.4. The Hall–Kier alpha value is -6.24. The normalized spacial score (nSPS) is 9.66. The fraction of sp³-hybridized carbons (Fsp3) is 0. The Bertz CT molecular complexity index is 1900. The molecule has 0 N–H and O–H groups in total. The number of hydrogen-bond acceptors (Lipinski definition) is 4. The summed E-state index contributed by atoms with van der Waals surface area (Å²) >= 11 is 0. The van der Waals surface area contributed by atoms with E-state index in [0.717, 1.165) is 44.5 Å². The summed E-state index contributed by atoms with van der Waals surface area (Å²) in [7, 11) is 0. The molecule has 256 valence electrons. The molecular weight excluding hydrogens is 759 g/mol. The standard InChI is InChI=1S/4C12H10O.Sn/c4*13-12-9-5-4-8-11(12)10-6-2-1-3-7-10;/h4*1-9,13H;/q;;;;+4/p-4. The van der Waals surface area contributed by atoms with Crippen LogP contribution < -0.4 is 20.4 Å². The second-order valence-electron chi connectivity index (χ2n) is 11.4. The van der Waals surface area contributed by atoms with Crippen molar-refractivity contribution in [3.05, 3.63) is 218 Å². The third kappa shape index (κ3) is 11.9. The largest absolute Gasteiger partial charge is 4.00 e. The van der Waals surface area contributed by atoms with Crippen LogP contribution in [0, 0.1) is 0 Å². The summed E-state index contributed by atoms with van der Waals surface area (Å²) < 4.78 is 0. The van der Waals surface area contributed by atoms with Crippen LogP contribution in [-0.2, 0) is 0 Å². The Balaban J connectivity index is 0.000000157. The fourth-order valence-electron chi connectivity index (χ4n) is 5.29. The molecule has 0 atom stereocenters. The first-order valence-electron chi connectivity index (χ1n) is 16.8. The molecule has 0 saturated carbocycles. The molecule has 0 radical (unpaired) electrons. The molecule has 0 spiro atoms. The summed E-state index contributed by atoms with van der Waals surface area (Å²) in [6, 6.07) is 67.0. The van der Waals surface area contributed by atoms with Crippen LogP contribution in [-0.4, -0.2) is 23.9 Å². The van der Waals surface area contributed by atoms with Crippen molar-refractivity contribution >= 4 is 23.9 Å². The summed E-state index contributed by atoms with van der Waals surface area (Å²) in [6.07, 6.45) is 0. The molecule has 8 aromatic rings. The molecule has 0 saturated heterocycles. The van der Waals surface area contributed by atoms with Crippen molar-refractivity contribution in [2.45, 2.75) is 0 Å². The molecule has 5 heteroatoms. The predicted octanol–water partition coefficient (Wildman–Crippen LogP) is 9.33. The average molecular weight is 796 g/mol. The van der Waals surface area contributed by atoms with E-state index in [2.05, 4.69) is 0 Å². The van der Waals surface area contributed by atoms with E-state index < -0.39 is 0 Å². The summed E-state index contributed by atoms with van der Waals surface area (Å²) in [5.41, 5.74) is 6.99. The molecule has 0 bridgehead atoms. The van der Waals surface area contributed by atoms with Gasteiger partial charge in [0.15, 0.2) is 0 Å². The third-order valence-corrected chi connectivity index (χ3v) is 7.89. The first kappa shape index (κ1) is 39.5. The van der Waals surface area contributed by atoms with Gasteiger partial charge in [0.1, 0.15) is 0 Å². The molecule has 0 unspecified atom stereocenters. The minimum Gasteiger partial charge on any atom is -0.872 e. The second kappa shape index (κ2) is 21.2. The fourth-order valence-corrected chi connectivity index (χ4v) is 5.29. The molecule has 0 aliphatic rings. The summed E-state index contributed by atoms with van der Waals surface area (Å²) in [5.74, 6) is 0.310. The SMILES string of the molecule is [O-]c1ccccc1-c1ccccc1.[O-]c1ccccc1-c1ccccc1.[O-]c1ccccc1-c1ccccc1.[O-]c1ccccc1-c1ccccc1.[Sn+4]. The van der Waals surface area contributed by atoms with Gasteiger partial charge in [0.25, 0.3) is 0 Å². The van der Waals surface area contributed by atoms with Gasteiger partial charge in [0.2, 0.25) is 0 Å². The molecule has 0 aromatic heterocycles. The summed E-state index contributed by atoms with van der Waals surface area (Å²) in [4.78, 5) is 0. The van der Waals surface area contributed by atoms with E-state index in [1.54, 1.807) is 48.5 Å². The molecule has 0 aliphatic heterocycles. The predicted molar refractivity (Wildman–Crippen MR) is 211 cm³/mol. The van der Waals surface area contributed by atoms with Crippen molar-refractivity contribution in [1.29, 1.82) is 0 Å². The Labute approximate surface area is 328 Å². The van der Waals surface area contributed by atoms with Gasteiger partial charge in [-0.05, 0) is 44.5 Å². The number of benzene rings is 8. The van der Waals surface area contributed by atoms with Crippen LogP contribution in [0.15, 0.2) is 218 Å². The monoisotopic (exact) mass is 796 g/mol. The minimum absolute atomic E-state index is 0. The van der Waals surface area contributed by atoms with Crippen molar-refractivity contribution in [3.8, 4) is 67.5 Å². The van der Waals surface area contributed by atoms with Crippen LogP contribution in [0.2, 0.25) is 0 Å². The summed E-state index contributed by atoms with van der Waals surface area (Å²) in [6.45, 7) is 0. The van der Waals surface area contributed by atoms with E-state index in [0.29, 0.717) is 0 Å². The van der Waals surface area contributed by atoms with E-state index >= 15 is 0 Å². The topological polar surface area (TPSA) is 92.2 Å². The first-order chi connectivity index (χ1) is 25.5. The van der Waals surface area contributed by atoms with Gasteiger partial charge in [-0.15, -0.1) is 23.0 Å². The van der Waals surface area contributed by atoms with Gasteiger partial charge in [-0.1, -0.05) is 218 Å². The minimum atomic E-state index is 0. The zero-order valence-corrected chi connectivity index (χ0v) is 31.8.